The van der Waals surface area contributed by atoms with Crippen molar-refractivity contribution in [1.82, 2.24) is 25.5 Å². The van der Waals surface area contributed by atoms with E-state index in [0.717, 1.165) is 49.4 Å². The number of nitrogens with one attached hydrogen (secondary N) is 2. The van der Waals surface area contributed by atoms with Crippen molar-refractivity contribution in [3.05, 3.63) is 48.3 Å². The lowest BCUT2D eigenvalue weighted by Gasteiger charge is -2.36. The molecule has 0 spiro atoms. The van der Waals surface area contributed by atoms with E-state index in [1.165, 1.54) is 0 Å². The fourth-order valence-corrected chi connectivity index (χ4v) is 3.07. The van der Waals surface area contributed by atoms with Crippen LogP contribution in [0.1, 0.15) is 5.56 Å². The van der Waals surface area contributed by atoms with Gasteiger partial charge in [-0.25, -0.2) is 9.97 Å². The van der Waals surface area contributed by atoms with Crippen molar-refractivity contribution in [1.29, 1.82) is 0 Å². The Balaban J connectivity index is 1.41. The Labute approximate surface area is 170 Å². The normalized spacial score (nSPS) is 14.5. The van der Waals surface area contributed by atoms with E-state index < -0.39 is 0 Å². The van der Waals surface area contributed by atoms with Crippen molar-refractivity contribution in [2.75, 3.05) is 51.8 Å². The number of carbonyl (C=O) groups is 1. The summed E-state index contributed by atoms with van der Waals surface area (Å²) >= 11 is 0. The molecule has 154 valence electrons. The summed E-state index contributed by atoms with van der Waals surface area (Å²) in [6.45, 7) is 3.81. The van der Waals surface area contributed by atoms with Gasteiger partial charge < -0.3 is 25.2 Å². The van der Waals surface area contributed by atoms with Crippen molar-refractivity contribution < 1.29 is 9.53 Å². The molecular formula is C20H27N7O2. The van der Waals surface area contributed by atoms with Gasteiger partial charge in [-0.15, -0.1) is 0 Å². The van der Waals surface area contributed by atoms with E-state index in [0.29, 0.717) is 6.54 Å². The fourth-order valence-electron chi connectivity index (χ4n) is 3.07. The van der Waals surface area contributed by atoms with Gasteiger partial charge >= 0.3 is 0 Å². The second-order valence-corrected chi connectivity index (χ2v) is 6.55. The Bertz CT molecular complexity index is 803. The molecule has 0 unspecified atom stereocenters. The summed E-state index contributed by atoms with van der Waals surface area (Å²) in [7, 11) is 3.36. The molecule has 2 heterocycles. The molecule has 0 bridgehead atoms. The van der Waals surface area contributed by atoms with Crippen molar-refractivity contribution in [3.63, 3.8) is 0 Å². The number of hydrogen-bond acceptors (Lipinski definition) is 6. The average molecular weight is 397 g/mol. The highest BCUT2D eigenvalue weighted by Crippen LogP contribution is 2.11. The average Bonchev–Trinajstić information content (AvgIpc) is 2.79. The molecule has 1 saturated heterocycles. The lowest BCUT2D eigenvalue weighted by Crippen LogP contribution is -2.54. The number of aliphatic imine (C=N–C) groups is 1. The summed E-state index contributed by atoms with van der Waals surface area (Å²) in [4.78, 5) is 29.4. The Morgan fingerprint density at radius 2 is 1.79 bits per heavy atom. The van der Waals surface area contributed by atoms with Gasteiger partial charge in [0.25, 0.3) is 0 Å². The van der Waals surface area contributed by atoms with Crippen LogP contribution in [0.5, 0.6) is 5.75 Å². The first-order chi connectivity index (χ1) is 14.2. The number of anilines is 1. The molecule has 2 aromatic rings. The number of nitrogens with zero attached hydrogens (tertiary/aromatic N) is 5. The van der Waals surface area contributed by atoms with Crippen molar-refractivity contribution >= 4 is 17.8 Å². The summed E-state index contributed by atoms with van der Waals surface area (Å²) < 4.78 is 5.14. The molecule has 0 aliphatic carbocycles. The van der Waals surface area contributed by atoms with E-state index in [1.54, 1.807) is 26.6 Å². The highest BCUT2D eigenvalue weighted by atomic mass is 16.5. The molecule has 3 rings (SSSR count). The first-order valence-electron chi connectivity index (χ1n) is 9.57. The maximum Gasteiger partial charge on any atom is 0.239 e. The van der Waals surface area contributed by atoms with Crippen LogP contribution in [-0.2, 0) is 11.3 Å². The highest BCUT2D eigenvalue weighted by molar-refractivity contribution is 5.86. The van der Waals surface area contributed by atoms with Crippen LogP contribution >= 0.6 is 0 Å². The van der Waals surface area contributed by atoms with E-state index in [9.17, 15) is 4.79 Å². The highest BCUT2D eigenvalue weighted by Gasteiger charge is 2.21. The third-order valence-electron chi connectivity index (χ3n) is 4.68. The SMILES string of the molecule is CN=C(NCC(=O)NCc1ccc(OC)cc1)N1CCN(c2ncccn2)CC1. The van der Waals surface area contributed by atoms with Gasteiger partial charge in [-0.2, -0.15) is 0 Å². The van der Waals surface area contributed by atoms with Crippen LogP contribution in [0.2, 0.25) is 0 Å². The van der Waals surface area contributed by atoms with Gasteiger partial charge in [-0.1, -0.05) is 12.1 Å². The fraction of sp³-hybridized carbons (Fsp3) is 0.400. The first kappa shape index (κ1) is 20.4. The summed E-state index contributed by atoms with van der Waals surface area (Å²) in [5, 5.41) is 6.05. The van der Waals surface area contributed by atoms with Crippen LogP contribution < -0.4 is 20.3 Å². The second-order valence-electron chi connectivity index (χ2n) is 6.55. The third kappa shape index (κ3) is 5.81. The maximum atomic E-state index is 12.2. The molecule has 1 aliphatic rings. The second kappa shape index (κ2) is 10.3. The zero-order chi connectivity index (χ0) is 20.5. The Hall–Kier alpha value is -3.36. The monoisotopic (exact) mass is 397 g/mol. The van der Waals surface area contributed by atoms with Crippen molar-refractivity contribution in [3.8, 4) is 5.75 Å². The topological polar surface area (TPSA) is 95.0 Å². The summed E-state index contributed by atoms with van der Waals surface area (Å²) in [5.41, 5.74) is 1.02. The molecule has 1 aromatic carbocycles. The van der Waals surface area contributed by atoms with Crippen LogP contribution in [0.25, 0.3) is 0 Å². The lowest BCUT2D eigenvalue weighted by atomic mass is 10.2. The Morgan fingerprint density at radius 1 is 1.10 bits per heavy atom. The Morgan fingerprint density at radius 3 is 2.41 bits per heavy atom. The molecule has 0 saturated carbocycles. The van der Waals surface area contributed by atoms with E-state index in [4.69, 9.17) is 4.74 Å². The minimum Gasteiger partial charge on any atom is -0.497 e. The molecule has 0 atom stereocenters. The van der Waals surface area contributed by atoms with E-state index in [2.05, 4.69) is 35.4 Å². The maximum absolute atomic E-state index is 12.2. The van der Waals surface area contributed by atoms with Gasteiger partial charge in [0.15, 0.2) is 5.96 Å². The van der Waals surface area contributed by atoms with Crippen LogP contribution in [0.4, 0.5) is 5.95 Å². The minimum absolute atomic E-state index is 0.0849. The van der Waals surface area contributed by atoms with Crippen LogP contribution in [0, 0.1) is 0 Å². The molecule has 1 amide bonds. The number of guanidine groups is 1. The van der Waals surface area contributed by atoms with Gasteiger partial charge in [0.05, 0.1) is 13.7 Å². The zero-order valence-corrected chi connectivity index (χ0v) is 16.8. The number of aromatic nitrogens is 2. The van der Waals surface area contributed by atoms with Gasteiger partial charge in [0.2, 0.25) is 11.9 Å². The quantitative estimate of drug-likeness (QED) is 0.541. The molecule has 2 N–H and O–H groups in total. The smallest absolute Gasteiger partial charge is 0.239 e. The summed E-state index contributed by atoms with van der Waals surface area (Å²) in [6.07, 6.45) is 3.50. The van der Waals surface area contributed by atoms with Gasteiger partial charge in [-0.05, 0) is 23.8 Å². The van der Waals surface area contributed by atoms with Crippen LogP contribution in [-0.4, -0.2) is 73.6 Å². The first-order valence-corrected chi connectivity index (χ1v) is 9.57. The van der Waals surface area contributed by atoms with E-state index in [-0.39, 0.29) is 12.5 Å². The molecule has 1 fully saturated rings. The van der Waals surface area contributed by atoms with Crippen molar-refractivity contribution in [2.24, 2.45) is 4.99 Å². The van der Waals surface area contributed by atoms with Crippen molar-refractivity contribution in [2.45, 2.75) is 6.54 Å². The molecule has 9 nitrogen and oxygen atoms in total. The summed E-state index contributed by atoms with van der Waals surface area (Å²) in [6, 6.07) is 9.43. The standard InChI is InChI=1S/C20H27N7O2/c1-21-19(26-10-12-27(13-11-26)20-22-8-3-9-23-20)25-15-18(28)24-14-16-4-6-17(29-2)7-5-16/h3-9H,10-15H2,1-2H3,(H,21,25)(H,24,28). The molecule has 1 aliphatic heterocycles. The van der Waals surface area contributed by atoms with Gasteiger partial charge in [0.1, 0.15) is 5.75 Å². The number of hydrogen-bond donors (Lipinski definition) is 2. The predicted octanol–water partition coefficient (Wildman–Crippen LogP) is 0.499. The molecule has 1 aromatic heterocycles. The number of ether oxygens (including phenoxy) is 1. The predicted molar refractivity (Wildman–Crippen MR) is 112 cm³/mol. The number of benzene rings is 1. The van der Waals surface area contributed by atoms with Gasteiger partial charge in [0, 0.05) is 52.2 Å². The number of rotatable bonds is 6. The minimum atomic E-state index is -0.0849. The number of amides is 1. The number of methoxy groups -OCH3 is 1. The van der Waals surface area contributed by atoms with Crippen LogP contribution in [0.15, 0.2) is 47.7 Å². The zero-order valence-electron chi connectivity index (χ0n) is 16.8. The number of piperazine rings is 1. The van der Waals surface area contributed by atoms with E-state index >= 15 is 0 Å². The number of carbonyl (C=O) groups excluding carboxylic acids is 1. The van der Waals surface area contributed by atoms with Crippen LogP contribution in [0.3, 0.4) is 0 Å². The van der Waals surface area contributed by atoms with Gasteiger partial charge in [-0.3, -0.25) is 9.79 Å². The lowest BCUT2D eigenvalue weighted by molar-refractivity contribution is -0.120. The molecular weight excluding hydrogens is 370 g/mol. The third-order valence-corrected chi connectivity index (χ3v) is 4.68. The Kier molecular flexibility index (Phi) is 7.21. The largest absolute Gasteiger partial charge is 0.497 e. The van der Waals surface area contributed by atoms with E-state index in [1.807, 2.05) is 30.3 Å². The molecule has 9 heteroatoms. The molecule has 0 radical (unpaired) electrons. The summed E-state index contributed by atoms with van der Waals surface area (Å²) in [5.74, 6) is 2.17. The molecule has 29 heavy (non-hydrogen) atoms.